The van der Waals surface area contributed by atoms with Crippen molar-refractivity contribution in [2.45, 2.75) is 6.10 Å². The molecule has 0 aliphatic rings. The molecule has 1 aromatic rings. The first-order valence-corrected chi connectivity index (χ1v) is 4.50. The van der Waals surface area contributed by atoms with E-state index < -0.39 is 28.2 Å². The molecule has 0 aromatic heterocycles. The molecule has 0 saturated carbocycles. The van der Waals surface area contributed by atoms with Gasteiger partial charge in [0.25, 0.3) is 5.69 Å². The van der Waals surface area contributed by atoms with Crippen molar-refractivity contribution < 1.29 is 20.2 Å². The van der Waals surface area contributed by atoms with E-state index in [1.807, 2.05) is 0 Å². The molecular weight excluding hydrogens is 216 g/mol. The third-order valence-corrected chi connectivity index (χ3v) is 2.08. The molecule has 0 aliphatic carbocycles. The van der Waals surface area contributed by atoms with Crippen LogP contribution in [0.1, 0.15) is 11.7 Å². The van der Waals surface area contributed by atoms with E-state index in [1.165, 1.54) is 0 Å². The van der Waals surface area contributed by atoms with Crippen molar-refractivity contribution in [3.05, 3.63) is 27.8 Å². The Morgan fingerprint density at radius 3 is 2.50 bits per heavy atom. The van der Waals surface area contributed by atoms with E-state index in [2.05, 4.69) is 5.32 Å². The first kappa shape index (κ1) is 12.2. The van der Waals surface area contributed by atoms with Crippen LogP contribution in [0, 0.1) is 10.1 Å². The maximum atomic E-state index is 10.7. The topological polar surface area (TPSA) is 116 Å². The van der Waals surface area contributed by atoms with Crippen LogP contribution in [0.3, 0.4) is 0 Å². The first-order chi connectivity index (χ1) is 7.47. The lowest BCUT2D eigenvalue weighted by molar-refractivity contribution is -0.386. The van der Waals surface area contributed by atoms with Gasteiger partial charge in [-0.15, -0.1) is 0 Å². The summed E-state index contributed by atoms with van der Waals surface area (Å²) >= 11 is 0. The molecule has 0 heterocycles. The second kappa shape index (κ2) is 4.77. The maximum Gasteiger partial charge on any atom is 0.279 e. The Morgan fingerprint density at radius 2 is 2.00 bits per heavy atom. The molecule has 0 amide bonds. The minimum absolute atomic E-state index is 0.0466. The summed E-state index contributed by atoms with van der Waals surface area (Å²) < 4.78 is 0. The van der Waals surface area contributed by atoms with Gasteiger partial charge in [-0.2, -0.15) is 0 Å². The standard InChI is InChI=1S/C9H12N2O5/c1-10-4-9(14)5-2-7(12)8(13)3-6(5)11(15)16/h2-3,9-10,12-14H,4H2,1H3/t9-/m0/s1. The largest absolute Gasteiger partial charge is 0.504 e. The van der Waals surface area contributed by atoms with Crippen LogP contribution in [0.4, 0.5) is 5.69 Å². The number of hydrogen-bond donors (Lipinski definition) is 4. The number of nitro benzene ring substituents is 1. The normalized spacial score (nSPS) is 12.4. The SMILES string of the molecule is CNC[C@H](O)c1cc(O)c(O)cc1[N+](=O)[O-]. The third-order valence-electron chi connectivity index (χ3n) is 2.08. The quantitative estimate of drug-likeness (QED) is 0.333. The predicted molar refractivity (Wildman–Crippen MR) is 55.3 cm³/mol. The van der Waals surface area contributed by atoms with Crippen LogP contribution >= 0.6 is 0 Å². The van der Waals surface area contributed by atoms with Gasteiger partial charge < -0.3 is 20.6 Å². The fourth-order valence-corrected chi connectivity index (χ4v) is 1.31. The molecule has 16 heavy (non-hydrogen) atoms. The highest BCUT2D eigenvalue weighted by Crippen LogP contribution is 2.35. The highest BCUT2D eigenvalue weighted by Gasteiger charge is 2.22. The lowest BCUT2D eigenvalue weighted by Crippen LogP contribution is -2.17. The van der Waals surface area contributed by atoms with Crippen LogP contribution in [-0.2, 0) is 0 Å². The second-order valence-corrected chi connectivity index (χ2v) is 3.23. The van der Waals surface area contributed by atoms with Crippen molar-refractivity contribution in [1.29, 1.82) is 0 Å². The monoisotopic (exact) mass is 228 g/mol. The van der Waals surface area contributed by atoms with Gasteiger partial charge in [-0.3, -0.25) is 10.1 Å². The number of nitro groups is 1. The number of aliphatic hydroxyl groups excluding tert-OH is 1. The number of likely N-dealkylation sites (N-methyl/N-ethyl adjacent to an activating group) is 1. The van der Waals surface area contributed by atoms with Gasteiger partial charge in [-0.25, -0.2) is 0 Å². The van der Waals surface area contributed by atoms with Gasteiger partial charge in [0.15, 0.2) is 11.5 Å². The highest BCUT2D eigenvalue weighted by atomic mass is 16.6. The minimum Gasteiger partial charge on any atom is -0.504 e. The summed E-state index contributed by atoms with van der Waals surface area (Å²) in [5, 5.41) is 41.3. The van der Waals surface area contributed by atoms with Crippen molar-refractivity contribution >= 4 is 5.69 Å². The van der Waals surface area contributed by atoms with Gasteiger partial charge in [0.1, 0.15) is 0 Å². The fraction of sp³-hybridized carbons (Fsp3) is 0.333. The van der Waals surface area contributed by atoms with Crippen LogP contribution in [0.25, 0.3) is 0 Å². The number of hydrogen-bond acceptors (Lipinski definition) is 6. The lowest BCUT2D eigenvalue weighted by Gasteiger charge is -2.11. The summed E-state index contributed by atoms with van der Waals surface area (Å²) in [6.07, 6.45) is -1.13. The van der Waals surface area contributed by atoms with Crippen molar-refractivity contribution in [3.8, 4) is 11.5 Å². The smallest absolute Gasteiger partial charge is 0.279 e. The Labute approximate surface area is 91.1 Å². The molecule has 0 saturated heterocycles. The van der Waals surface area contributed by atoms with E-state index in [-0.39, 0.29) is 12.1 Å². The van der Waals surface area contributed by atoms with Crippen LogP contribution in [0.5, 0.6) is 11.5 Å². The zero-order valence-electron chi connectivity index (χ0n) is 8.54. The fourth-order valence-electron chi connectivity index (χ4n) is 1.31. The van der Waals surface area contributed by atoms with E-state index >= 15 is 0 Å². The summed E-state index contributed by atoms with van der Waals surface area (Å²) in [5.74, 6) is -1.09. The molecule has 0 aliphatic heterocycles. The van der Waals surface area contributed by atoms with Gasteiger partial charge in [0.2, 0.25) is 0 Å². The first-order valence-electron chi connectivity index (χ1n) is 4.50. The van der Waals surface area contributed by atoms with Crippen LogP contribution in [0.2, 0.25) is 0 Å². The number of aliphatic hydroxyl groups is 1. The van der Waals surface area contributed by atoms with E-state index in [9.17, 15) is 20.3 Å². The van der Waals surface area contributed by atoms with E-state index in [4.69, 9.17) is 5.11 Å². The molecule has 1 atom stereocenters. The number of aromatic hydroxyl groups is 2. The van der Waals surface area contributed by atoms with Crippen LogP contribution < -0.4 is 5.32 Å². The zero-order valence-corrected chi connectivity index (χ0v) is 8.54. The summed E-state index contributed by atoms with van der Waals surface area (Å²) in [4.78, 5) is 9.95. The average molecular weight is 228 g/mol. The number of benzene rings is 1. The van der Waals surface area contributed by atoms with Crippen molar-refractivity contribution in [2.24, 2.45) is 0 Å². The third kappa shape index (κ3) is 2.38. The van der Waals surface area contributed by atoms with Crippen LogP contribution in [0.15, 0.2) is 12.1 Å². The second-order valence-electron chi connectivity index (χ2n) is 3.23. The Bertz CT molecular complexity index is 407. The van der Waals surface area contributed by atoms with Gasteiger partial charge in [-0.05, 0) is 13.1 Å². The average Bonchev–Trinajstić information content (AvgIpc) is 2.21. The van der Waals surface area contributed by atoms with Gasteiger partial charge in [0.05, 0.1) is 22.7 Å². The summed E-state index contributed by atoms with van der Waals surface area (Å²) in [5.41, 5.74) is -0.479. The van der Waals surface area contributed by atoms with Crippen LogP contribution in [-0.4, -0.2) is 33.8 Å². The Hall–Kier alpha value is -1.86. The van der Waals surface area contributed by atoms with Gasteiger partial charge >= 0.3 is 0 Å². The highest BCUT2D eigenvalue weighted by molar-refractivity contribution is 5.53. The minimum atomic E-state index is -1.13. The Balaban J connectivity index is 3.24. The molecule has 7 heteroatoms. The molecular formula is C9H12N2O5. The zero-order chi connectivity index (χ0) is 12.3. The summed E-state index contributed by atoms with van der Waals surface area (Å²) in [6, 6.07) is 1.79. The molecule has 1 aromatic carbocycles. The molecule has 7 nitrogen and oxygen atoms in total. The predicted octanol–water partition coefficient (Wildman–Crippen LogP) is 0.259. The number of nitrogens with one attached hydrogen (secondary N) is 1. The maximum absolute atomic E-state index is 10.7. The number of rotatable bonds is 4. The molecule has 0 bridgehead atoms. The van der Waals surface area contributed by atoms with Crippen molar-refractivity contribution in [2.75, 3.05) is 13.6 Å². The van der Waals surface area contributed by atoms with Gasteiger partial charge in [-0.1, -0.05) is 0 Å². The van der Waals surface area contributed by atoms with E-state index in [1.54, 1.807) is 7.05 Å². The lowest BCUT2D eigenvalue weighted by atomic mass is 10.1. The molecule has 88 valence electrons. The van der Waals surface area contributed by atoms with E-state index in [0.717, 1.165) is 12.1 Å². The molecule has 4 N–H and O–H groups in total. The Kier molecular flexibility index (Phi) is 3.64. The molecule has 0 spiro atoms. The van der Waals surface area contributed by atoms with Crippen molar-refractivity contribution in [3.63, 3.8) is 0 Å². The molecule has 1 rings (SSSR count). The molecule has 0 unspecified atom stereocenters. The number of phenolic OH excluding ortho intramolecular Hbond substituents is 2. The molecule has 0 radical (unpaired) electrons. The van der Waals surface area contributed by atoms with E-state index in [0.29, 0.717) is 0 Å². The Morgan fingerprint density at radius 1 is 1.44 bits per heavy atom. The molecule has 0 fully saturated rings. The summed E-state index contributed by atoms with van der Waals surface area (Å²) in [7, 11) is 1.58. The van der Waals surface area contributed by atoms with Gasteiger partial charge in [0, 0.05) is 6.54 Å². The summed E-state index contributed by atoms with van der Waals surface area (Å²) in [6.45, 7) is 0.102. The number of nitrogens with zero attached hydrogens (tertiary/aromatic N) is 1. The number of phenols is 2. The van der Waals surface area contributed by atoms with Crippen molar-refractivity contribution in [1.82, 2.24) is 5.32 Å².